The van der Waals surface area contributed by atoms with Crippen LogP contribution in [0.25, 0.3) is 10.9 Å². The Morgan fingerprint density at radius 1 is 1.30 bits per heavy atom. The molecule has 3 rings (SSSR count). The van der Waals surface area contributed by atoms with Gasteiger partial charge < -0.3 is 15.2 Å². The van der Waals surface area contributed by atoms with Crippen molar-refractivity contribution in [1.82, 2.24) is 9.47 Å². The van der Waals surface area contributed by atoms with Gasteiger partial charge in [-0.3, -0.25) is 9.59 Å². The molecular weight excluding hydrogens is 290 g/mol. The maximum Gasteiger partial charge on any atom is 0.259 e. The number of nitrogens with two attached hydrogens (primary N) is 1. The second-order valence-electron chi connectivity index (χ2n) is 6.28. The van der Waals surface area contributed by atoms with Crippen molar-refractivity contribution in [1.29, 1.82) is 0 Å². The summed E-state index contributed by atoms with van der Waals surface area (Å²) in [5.74, 6) is -0.172. The highest BCUT2D eigenvalue weighted by molar-refractivity contribution is 6.00. The number of hydrogen-bond acceptors (Lipinski definition) is 3. The summed E-state index contributed by atoms with van der Waals surface area (Å²) in [4.78, 5) is 27.4. The van der Waals surface area contributed by atoms with Gasteiger partial charge in [0.2, 0.25) is 5.43 Å². The van der Waals surface area contributed by atoms with Gasteiger partial charge in [-0.1, -0.05) is 13.0 Å². The van der Waals surface area contributed by atoms with Crippen molar-refractivity contribution in [2.45, 2.75) is 39.2 Å². The fraction of sp³-hybridized carbons (Fsp3) is 0.444. The Bertz CT molecular complexity index is 804. The molecule has 0 saturated carbocycles. The zero-order valence-corrected chi connectivity index (χ0v) is 13.7. The van der Waals surface area contributed by atoms with Gasteiger partial charge in [-0.25, -0.2) is 0 Å². The Morgan fingerprint density at radius 3 is 2.65 bits per heavy atom. The molecule has 1 aliphatic rings. The Hall–Kier alpha value is -2.30. The third-order valence-corrected chi connectivity index (χ3v) is 4.78. The molecule has 23 heavy (non-hydrogen) atoms. The molecule has 1 saturated heterocycles. The van der Waals surface area contributed by atoms with Crippen molar-refractivity contribution in [3.8, 4) is 0 Å². The van der Waals surface area contributed by atoms with E-state index in [1.165, 1.54) is 0 Å². The van der Waals surface area contributed by atoms with Crippen LogP contribution >= 0.6 is 0 Å². The highest BCUT2D eigenvalue weighted by Crippen LogP contribution is 2.24. The highest BCUT2D eigenvalue weighted by Gasteiger charge is 2.24. The van der Waals surface area contributed by atoms with Crippen molar-refractivity contribution in [3.05, 3.63) is 40.2 Å². The molecule has 0 bridgehead atoms. The number of fused-ring (bicyclic) bond motifs is 1. The van der Waals surface area contributed by atoms with Crippen LogP contribution in [0.15, 0.2) is 29.2 Å². The minimum Gasteiger partial charge on any atom is -0.398 e. The monoisotopic (exact) mass is 313 g/mol. The maximum atomic E-state index is 12.9. The van der Waals surface area contributed by atoms with Crippen LogP contribution in [0.4, 0.5) is 5.69 Å². The van der Waals surface area contributed by atoms with Crippen LogP contribution in [-0.2, 0) is 0 Å². The normalized spacial score (nSPS) is 16.0. The number of likely N-dealkylation sites (tertiary alicyclic amines) is 1. The number of anilines is 1. The topological polar surface area (TPSA) is 68.3 Å². The summed E-state index contributed by atoms with van der Waals surface area (Å²) in [5, 5.41) is 0.456. The van der Waals surface area contributed by atoms with Crippen molar-refractivity contribution in [2.24, 2.45) is 0 Å². The van der Waals surface area contributed by atoms with Crippen molar-refractivity contribution in [2.75, 3.05) is 18.8 Å². The maximum absolute atomic E-state index is 12.9. The largest absolute Gasteiger partial charge is 0.398 e. The minimum absolute atomic E-state index is 0.172. The summed E-state index contributed by atoms with van der Waals surface area (Å²) in [5.41, 5.74) is 7.26. The zero-order chi connectivity index (χ0) is 16.6. The van der Waals surface area contributed by atoms with E-state index in [1.807, 2.05) is 16.7 Å². The van der Waals surface area contributed by atoms with Gasteiger partial charge in [0.15, 0.2) is 0 Å². The first kappa shape index (κ1) is 15.6. The van der Waals surface area contributed by atoms with Crippen LogP contribution in [0.3, 0.4) is 0 Å². The molecule has 5 heteroatoms. The Morgan fingerprint density at radius 2 is 2.00 bits per heavy atom. The summed E-state index contributed by atoms with van der Waals surface area (Å²) in [6, 6.07) is 5.64. The average Bonchev–Trinajstić information content (AvgIpc) is 3.08. The van der Waals surface area contributed by atoms with E-state index in [0.717, 1.165) is 37.9 Å². The fourth-order valence-corrected chi connectivity index (χ4v) is 3.23. The minimum atomic E-state index is -0.255. The average molecular weight is 313 g/mol. The molecule has 0 aliphatic carbocycles. The van der Waals surface area contributed by atoms with Gasteiger partial charge in [-0.05, 0) is 38.3 Å². The van der Waals surface area contributed by atoms with Crippen LogP contribution in [0.1, 0.15) is 49.5 Å². The highest BCUT2D eigenvalue weighted by atomic mass is 16.2. The van der Waals surface area contributed by atoms with E-state index in [4.69, 9.17) is 5.73 Å². The van der Waals surface area contributed by atoms with E-state index in [0.29, 0.717) is 11.1 Å². The number of aromatic nitrogens is 1. The molecule has 2 N–H and O–H groups in total. The first-order chi connectivity index (χ1) is 11.0. The van der Waals surface area contributed by atoms with Crippen molar-refractivity contribution in [3.63, 3.8) is 0 Å². The molecular formula is C18H23N3O2. The number of benzene rings is 1. The van der Waals surface area contributed by atoms with Gasteiger partial charge in [-0.15, -0.1) is 0 Å². The lowest BCUT2D eigenvalue weighted by molar-refractivity contribution is 0.0791. The van der Waals surface area contributed by atoms with Gasteiger partial charge in [0.05, 0.1) is 10.9 Å². The molecule has 1 fully saturated rings. The molecule has 5 nitrogen and oxygen atoms in total. The number of pyridine rings is 1. The molecule has 2 heterocycles. The molecule has 1 amide bonds. The third-order valence-electron chi connectivity index (χ3n) is 4.78. The van der Waals surface area contributed by atoms with E-state index in [2.05, 4.69) is 13.8 Å². The lowest BCUT2D eigenvalue weighted by atomic mass is 10.1. The van der Waals surface area contributed by atoms with E-state index < -0.39 is 0 Å². The number of nitrogen functional groups attached to an aromatic ring is 1. The second-order valence-corrected chi connectivity index (χ2v) is 6.28. The molecule has 0 radical (unpaired) electrons. The lowest BCUT2D eigenvalue weighted by Crippen LogP contribution is -2.33. The van der Waals surface area contributed by atoms with Crippen molar-refractivity contribution >= 4 is 22.5 Å². The second kappa shape index (κ2) is 6.07. The molecule has 122 valence electrons. The van der Waals surface area contributed by atoms with Gasteiger partial charge in [0.25, 0.3) is 5.91 Å². The predicted octanol–water partition coefficient (Wildman–Crippen LogP) is 2.79. The summed E-state index contributed by atoms with van der Waals surface area (Å²) in [7, 11) is 0. The van der Waals surface area contributed by atoms with E-state index in [-0.39, 0.29) is 22.9 Å². The van der Waals surface area contributed by atoms with E-state index in [9.17, 15) is 9.59 Å². The van der Waals surface area contributed by atoms with Gasteiger partial charge in [0.1, 0.15) is 5.56 Å². The van der Waals surface area contributed by atoms with Gasteiger partial charge in [-0.2, -0.15) is 0 Å². The predicted molar refractivity (Wildman–Crippen MR) is 92.8 cm³/mol. The summed E-state index contributed by atoms with van der Waals surface area (Å²) in [6.07, 6.45) is 4.63. The number of hydrogen-bond donors (Lipinski definition) is 1. The fourth-order valence-electron chi connectivity index (χ4n) is 3.23. The molecule has 0 spiro atoms. The Kier molecular flexibility index (Phi) is 4.11. The van der Waals surface area contributed by atoms with Gasteiger partial charge >= 0.3 is 0 Å². The zero-order valence-electron chi connectivity index (χ0n) is 13.7. The third kappa shape index (κ3) is 2.60. The summed E-state index contributed by atoms with van der Waals surface area (Å²) >= 11 is 0. The Labute approximate surface area is 135 Å². The molecule has 1 aliphatic heterocycles. The molecule has 2 aromatic rings. The van der Waals surface area contributed by atoms with Crippen LogP contribution in [0.2, 0.25) is 0 Å². The molecule has 1 unspecified atom stereocenters. The number of rotatable bonds is 3. The lowest BCUT2D eigenvalue weighted by Gasteiger charge is -2.21. The molecule has 1 atom stereocenters. The number of carbonyl (C=O) groups excluding carboxylic acids is 1. The number of amides is 1. The quantitative estimate of drug-likeness (QED) is 0.886. The van der Waals surface area contributed by atoms with Crippen LogP contribution in [-0.4, -0.2) is 28.5 Å². The Balaban J connectivity index is 2.26. The first-order valence-corrected chi connectivity index (χ1v) is 8.27. The number of carbonyl (C=O) groups is 1. The molecule has 1 aromatic heterocycles. The number of nitrogens with zero attached hydrogens (tertiary/aromatic N) is 2. The smallest absolute Gasteiger partial charge is 0.259 e. The van der Waals surface area contributed by atoms with Crippen molar-refractivity contribution < 1.29 is 4.79 Å². The van der Waals surface area contributed by atoms with Crippen LogP contribution < -0.4 is 11.2 Å². The SMILES string of the molecule is CCC(C)n1cc(C(=O)N2CCCC2)c(=O)c2c(N)cccc21. The standard InChI is InChI=1S/C18H23N3O2/c1-3-12(2)21-11-13(18(23)20-9-4-5-10-20)17(22)16-14(19)7-6-8-15(16)21/h6-8,11-12H,3-5,9-10,19H2,1-2H3. The van der Waals surface area contributed by atoms with Crippen LogP contribution in [0, 0.1) is 0 Å². The van der Waals surface area contributed by atoms with E-state index >= 15 is 0 Å². The first-order valence-electron chi connectivity index (χ1n) is 8.27. The summed E-state index contributed by atoms with van der Waals surface area (Å²) in [6.45, 7) is 5.62. The molecule has 1 aromatic carbocycles. The van der Waals surface area contributed by atoms with Crippen LogP contribution in [0.5, 0.6) is 0 Å². The van der Waals surface area contributed by atoms with E-state index in [1.54, 1.807) is 17.2 Å². The summed E-state index contributed by atoms with van der Waals surface area (Å²) < 4.78 is 2.01. The van der Waals surface area contributed by atoms with Gasteiger partial charge in [0, 0.05) is 31.0 Å².